The van der Waals surface area contributed by atoms with Crippen LogP contribution in [0.3, 0.4) is 0 Å². The number of hydrogen-bond donors (Lipinski definition) is 0. The van der Waals surface area contributed by atoms with Crippen molar-refractivity contribution < 1.29 is 9.66 Å². The van der Waals surface area contributed by atoms with E-state index >= 15 is 0 Å². The summed E-state index contributed by atoms with van der Waals surface area (Å²) in [5.74, 6) is 0.811. The number of nitro benzene ring substituents is 1. The van der Waals surface area contributed by atoms with Crippen LogP contribution in [0.4, 0.5) is 11.4 Å². The molecule has 0 aliphatic heterocycles. The number of nitrogens with zero attached hydrogens (tertiary/aromatic N) is 3. The molecule has 0 unspecified atom stereocenters. The maximum atomic E-state index is 10.8. The molecule has 3 rings (SSSR count). The number of aromatic nitrogens is 1. The summed E-state index contributed by atoms with van der Waals surface area (Å²) in [4.78, 5) is 14.8. The van der Waals surface area contributed by atoms with Gasteiger partial charge in [-0.2, -0.15) is 0 Å². The van der Waals surface area contributed by atoms with Gasteiger partial charge in [0.15, 0.2) is 0 Å². The SMILES string of the molecule is COc1ccc(-n2ccc(C=Nc3ccc([N+](=O)[O-])cc3C)c2)cc1. The predicted octanol–water partition coefficient (Wildman–Crippen LogP) is 4.45. The highest BCUT2D eigenvalue weighted by atomic mass is 16.6. The van der Waals surface area contributed by atoms with Crippen LogP contribution in [0.5, 0.6) is 5.75 Å². The van der Waals surface area contributed by atoms with Crippen LogP contribution in [0.2, 0.25) is 0 Å². The Kier molecular flexibility index (Phi) is 4.61. The molecule has 3 aromatic rings. The van der Waals surface area contributed by atoms with Crippen molar-refractivity contribution in [1.82, 2.24) is 4.57 Å². The molecule has 0 saturated heterocycles. The Balaban J connectivity index is 1.78. The average molecular weight is 335 g/mol. The number of hydrogen-bond acceptors (Lipinski definition) is 4. The van der Waals surface area contributed by atoms with Crippen molar-refractivity contribution in [2.75, 3.05) is 7.11 Å². The van der Waals surface area contributed by atoms with E-state index in [4.69, 9.17) is 4.74 Å². The second kappa shape index (κ2) is 7.00. The van der Waals surface area contributed by atoms with Gasteiger partial charge in [0, 0.05) is 42.0 Å². The van der Waals surface area contributed by atoms with Gasteiger partial charge in [0.05, 0.1) is 17.7 Å². The molecule has 0 bridgehead atoms. The maximum absolute atomic E-state index is 10.8. The molecule has 0 N–H and O–H groups in total. The molecule has 0 aliphatic carbocycles. The van der Waals surface area contributed by atoms with E-state index in [0.29, 0.717) is 5.69 Å². The Bertz CT molecular complexity index is 927. The minimum Gasteiger partial charge on any atom is -0.497 e. The van der Waals surface area contributed by atoms with Crippen molar-refractivity contribution in [3.05, 3.63) is 82.2 Å². The van der Waals surface area contributed by atoms with Gasteiger partial charge in [-0.05, 0) is 48.9 Å². The number of methoxy groups -OCH3 is 1. The summed E-state index contributed by atoms with van der Waals surface area (Å²) in [7, 11) is 1.64. The minimum atomic E-state index is -0.407. The van der Waals surface area contributed by atoms with Crippen LogP contribution >= 0.6 is 0 Å². The molecule has 6 nitrogen and oxygen atoms in total. The molecule has 2 aromatic carbocycles. The van der Waals surface area contributed by atoms with Crippen LogP contribution in [0.15, 0.2) is 65.9 Å². The Morgan fingerprint density at radius 1 is 1.16 bits per heavy atom. The molecule has 0 atom stereocenters. The van der Waals surface area contributed by atoms with E-state index < -0.39 is 4.92 Å². The smallest absolute Gasteiger partial charge is 0.269 e. The fourth-order valence-electron chi connectivity index (χ4n) is 2.45. The summed E-state index contributed by atoms with van der Waals surface area (Å²) in [6.07, 6.45) is 5.66. The molecule has 1 aromatic heterocycles. The van der Waals surface area contributed by atoms with E-state index in [2.05, 4.69) is 4.99 Å². The third-order valence-electron chi connectivity index (χ3n) is 3.83. The number of benzene rings is 2. The topological polar surface area (TPSA) is 69.7 Å². The second-order valence-electron chi connectivity index (χ2n) is 5.54. The van der Waals surface area contributed by atoms with E-state index in [1.165, 1.54) is 12.1 Å². The normalized spacial score (nSPS) is 11.0. The lowest BCUT2D eigenvalue weighted by molar-refractivity contribution is -0.384. The standard InChI is InChI=1S/C19H17N3O3/c1-14-11-17(22(23)24)5-8-19(14)20-12-15-9-10-21(13-15)16-3-6-18(25-2)7-4-16/h3-13H,1-2H3. The van der Waals surface area contributed by atoms with Gasteiger partial charge < -0.3 is 9.30 Å². The first-order chi connectivity index (χ1) is 12.1. The highest BCUT2D eigenvalue weighted by Gasteiger charge is 2.07. The van der Waals surface area contributed by atoms with Crippen LogP contribution in [0.25, 0.3) is 5.69 Å². The molecule has 126 valence electrons. The molecule has 0 aliphatic rings. The maximum Gasteiger partial charge on any atom is 0.269 e. The first kappa shape index (κ1) is 16.4. The van der Waals surface area contributed by atoms with E-state index in [-0.39, 0.29) is 5.69 Å². The van der Waals surface area contributed by atoms with Crippen LogP contribution in [0.1, 0.15) is 11.1 Å². The summed E-state index contributed by atoms with van der Waals surface area (Å²) >= 11 is 0. The molecule has 0 amide bonds. The van der Waals surface area contributed by atoms with Gasteiger partial charge >= 0.3 is 0 Å². The highest BCUT2D eigenvalue weighted by Crippen LogP contribution is 2.23. The number of aryl methyl sites for hydroxylation is 1. The quantitative estimate of drug-likeness (QED) is 0.393. The average Bonchev–Trinajstić information content (AvgIpc) is 3.09. The fourth-order valence-corrected chi connectivity index (χ4v) is 2.45. The summed E-state index contributed by atoms with van der Waals surface area (Å²) in [5, 5.41) is 10.8. The number of ether oxygens (including phenoxy) is 1. The fraction of sp³-hybridized carbons (Fsp3) is 0.105. The lowest BCUT2D eigenvalue weighted by Crippen LogP contribution is -1.90. The van der Waals surface area contributed by atoms with Gasteiger partial charge in [-0.15, -0.1) is 0 Å². The minimum absolute atomic E-state index is 0.0714. The van der Waals surface area contributed by atoms with Crippen molar-refractivity contribution in [2.24, 2.45) is 4.99 Å². The zero-order chi connectivity index (χ0) is 17.8. The van der Waals surface area contributed by atoms with E-state index in [9.17, 15) is 10.1 Å². The van der Waals surface area contributed by atoms with Crippen molar-refractivity contribution in [3.63, 3.8) is 0 Å². The Labute approximate surface area is 145 Å². The monoisotopic (exact) mass is 335 g/mol. The Morgan fingerprint density at radius 2 is 1.92 bits per heavy atom. The molecule has 0 radical (unpaired) electrons. The molecule has 0 spiro atoms. The summed E-state index contributed by atoms with van der Waals surface area (Å²) < 4.78 is 7.15. The molecule has 1 heterocycles. The first-order valence-electron chi connectivity index (χ1n) is 7.68. The van der Waals surface area contributed by atoms with Gasteiger partial charge in [-0.3, -0.25) is 15.1 Å². The predicted molar refractivity (Wildman–Crippen MR) is 97.4 cm³/mol. The number of nitro groups is 1. The largest absolute Gasteiger partial charge is 0.497 e. The molecular formula is C19H17N3O3. The van der Waals surface area contributed by atoms with Gasteiger partial charge in [0.2, 0.25) is 0 Å². The van der Waals surface area contributed by atoms with Gasteiger partial charge in [0.25, 0.3) is 5.69 Å². The Hall–Kier alpha value is -3.41. The van der Waals surface area contributed by atoms with Crippen LogP contribution in [0, 0.1) is 17.0 Å². The summed E-state index contributed by atoms with van der Waals surface area (Å²) in [6, 6.07) is 14.4. The Morgan fingerprint density at radius 3 is 2.56 bits per heavy atom. The van der Waals surface area contributed by atoms with Crippen molar-refractivity contribution in [3.8, 4) is 11.4 Å². The number of non-ortho nitro benzene ring substituents is 1. The number of rotatable bonds is 5. The van der Waals surface area contributed by atoms with Crippen LogP contribution in [-0.4, -0.2) is 22.8 Å². The molecular weight excluding hydrogens is 318 g/mol. The third-order valence-corrected chi connectivity index (χ3v) is 3.83. The summed E-state index contributed by atoms with van der Waals surface area (Å²) in [5.41, 5.74) is 3.51. The molecule has 0 fully saturated rings. The van der Waals surface area contributed by atoms with Crippen molar-refractivity contribution in [2.45, 2.75) is 6.92 Å². The van der Waals surface area contributed by atoms with Crippen molar-refractivity contribution in [1.29, 1.82) is 0 Å². The molecule has 0 saturated carbocycles. The number of aliphatic imine (C=N–C) groups is 1. The molecule has 6 heteroatoms. The zero-order valence-electron chi connectivity index (χ0n) is 13.9. The summed E-state index contributed by atoms with van der Waals surface area (Å²) in [6.45, 7) is 1.81. The first-order valence-corrected chi connectivity index (χ1v) is 7.68. The lowest BCUT2D eigenvalue weighted by Gasteiger charge is -2.04. The zero-order valence-corrected chi connectivity index (χ0v) is 13.9. The van der Waals surface area contributed by atoms with Gasteiger partial charge in [-0.25, -0.2) is 0 Å². The van der Waals surface area contributed by atoms with Crippen LogP contribution < -0.4 is 4.74 Å². The van der Waals surface area contributed by atoms with Gasteiger partial charge in [-0.1, -0.05) is 0 Å². The molecule has 25 heavy (non-hydrogen) atoms. The van der Waals surface area contributed by atoms with E-state index in [1.54, 1.807) is 19.4 Å². The third kappa shape index (κ3) is 3.74. The van der Waals surface area contributed by atoms with Crippen LogP contribution in [-0.2, 0) is 0 Å². The van der Waals surface area contributed by atoms with Crippen molar-refractivity contribution >= 4 is 17.6 Å². The van der Waals surface area contributed by atoms with E-state index in [0.717, 1.165) is 22.6 Å². The lowest BCUT2D eigenvalue weighted by atomic mass is 10.2. The van der Waals surface area contributed by atoms with E-state index in [1.807, 2.05) is 54.2 Å². The highest BCUT2D eigenvalue weighted by molar-refractivity contribution is 5.82. The van der Waals surface area contributed by atoms with Gasteiger partial charge in [0.1, 0.15) is 5.75 Å². The second-order valence-corrected chi connectivity index (χ2v) is 5.54.